The maximum atomic E-state index is 10.2. The lowest BCUT2D eigenvalue weighted by molar-refractivity contribution is 0.370. The first-order chi connectivity index (χ1) is 16.5. The molecule has 0 aliphatic heterocycles. The Morgan fingerprint density at radius 2 is 1.53 bits per heavy atom. The van der Waals surface area contributed by atoms with Crippen LogP contribution in [0, 0.1) is 0 Å². The highest BCUT2D eigenvalue weighted by Gasteiger charge is 2.46. The van der Waals surface area contributed by atoms with Gasteiger partial charge in [0.25, 0.3) is 0 Å². The zero-order chi connectivity index (χ0) is 23.4. The quantitative estimate of drug-likeness (QED) is 0.383. The normalized spacial score (nSPS) is 13.9. The number of thiazole rings is 1. The minimum atomic E-state index is -0.634. The topological polar surface area (TPSA) is 89.6 Å². The Labute approximate surface area is 199 Å². The number of aromatic hydroxyl groups is 2. The molecule has 7 nitrogen and oxygen atoms in total. The monoisotopic (exact) mass is 471 g/mol. The number of benzene rings is 3. The Morgan fingerprint density at radius 3 is 2.09 bits per heavy atom. The lowest BCUT2D eigenvalue weighted by Gasteiger charge is -2.33. The van der Waals surface area contributed by atoms with Gasteiger partial charge >= 0.3 is 0 Å². The van der Waals surface area contributed by atoms with E-state index in [4.69, 9.17) is 19.6 Å². The van der Waals surface area contributed by atoms with Crippen LogP contribution >= 0.6 is 11.3 Å². The second-order valence-electron chi connectivity index (χ2n) is 8.25. The molecule has 1 aliphatic rings. The molecule has 0 saturated carbocycles. The molecule has 5 aromatic rings. The van der Waals surface area contributed by atoms with Gasteiger partial charge in [-0.1, -0.05) is 35.6 Å². The van der Waals surface area contributed by atoms with Gasteiger partial charge in [-0.15, -0.1) is 0 Å². The summed E-state index contributed by atoms with van der Waals surface area (Å²) < 4.78 is 13.8. The molecule has 0 unspecified atom stereocenters. The fourth-order valence-corrected chi connectivity index (χ4v) is 5.74. The Balaban J connectivity index is 1.55. The molecule has 1 aliphatic carbocycles. The van der Waals surface area contributed by atoms with Crippen molar-refractivity contribution < 1.29 is 19.7 Å². The number of aromatic nitrogens is 3. The molecule has 2 N–H and O–H groups in total. The SMILES string of the molecule is COc1cc(C2(c3ccc(O)c(OC)c3)Cc3cc2nn3-c2nc3ccccc3s2)ccc1O. The van der Waals surface area contributed by atoms with Gasteiger partial charge in [0.2, 0.25) is 5.13 Å². The van der Waals surface area contributed by atoms with Gasteiger partial charge in [-0.2, -0.15) is 5.10 Å². The smallest absolute Gasteiger partial charge is 0.211 e. The van der Waals surface area contributed by atoms with Crippen LogP contribution in [0.4, 0.5) is 0 Å². The summed E-state index contributed by atoms with van der Waals surface area (Å²) in [7, 11) is 3.06. The van der Waals surface area contributed by atoms with Gasteiger partial charge in [-0.3, -0.25) is 0 Å². The van der Waals surface area contributed by atoms with Crippen molar-refractivity contribution in [2.75, 3.05) is 14.2 Å². The highest BCUT2D eigenvalue weighted by atomic mass is 32.1. The van der Waals surface area contributed by atoms with Crippen molar-refractivity contribution in [1.82, 2.24) is 14.8 Å². The Bertz CT molecular complexity index is 1470. The van der Waals surface area contributed by atoms with E-state index < -0.39 is 5.41 Å². The van der Waals surface area contributed by atoms with Gasteiger partial charge in [0.1, 0.15) is 0 Å². The van der Waals surface area contributed by atoms with Crippen molar-refractivity contribution in [3.05, 3.63) is 89.2 Å². The molecule has 0 radical (unpaired) electrons. The van der Waals surface area contributed by atoms with Crippen molar-refractivity contribution in [1.29, 1.82) is 0 Å². The van der Waals surface area contributed by atoms with Crippen molar-refractivity contribution in [3.63, 3.8) is 0 Å². The number of hydrogen-bond donors (Lipinski definition) is 2. The Kier molecular flexibility index (Phi) is 4.53. The van der Waals surface area contributed by atoms with Crippen molar-refractivity contribution in [2.24, 2.45) is 0 Å². The zero-order valence-electron chi connectivity index (χ0n) is 18.5. The van der Waals surface area contributed by atoms with Gasteiger partial charge in [-0.25, -0.2) is 9.67 Å². The third kappa shape index (κ3) is 2.88. The predicted molar refractivity (Wildman–Crippen MR) is 130 cm³/mol. The number of ether oxygens (including phenoxy) is 2. The van der Waals surface area contributed by atoms with Crippen LogP contribution < -0.4 is 9.47 Å². The molecule has 2 aromatic heterocycles. The fraction of sp³-hybridized carbons (Fsp3) is 0.154. The summed E-state index contributed by atoms with van der Waals surface area (Å²) in [4.78, 5) is 4.78. The highest BCUT2D eigenvalue weighted by Crippen LogP contribution is 2.50. The van der Waals surface area contributed by atoms with Crippen molar-refractivity contribution in [2.45, 2.75) is 11.8 Å². The summed E-state index contributed by atoms with van der Waals surface area (Å²) in [6, 6.07) is 20.9. The van der Waals surface area contributed by atoms with Gasteiger partial charge < -0.3 is 19.7 Å². The lowest BCUT2D eigenvalue weighted by Crippen LogP contribution is -2.33. The molecule has 0 saturated heterocycles. The number of para-hydroxylation sites is 1. The molecule has 2 heterocycles. The van der Waals surface area contributed by atoms with Crippen LogP contribution in [0.5, 0.6) is 23.0 Å². The molecule has 0 atom stereocenters. The van der Waals surface area contributed by atoms with E-state index in [0.29, 0.717) is 17.9 Å². The molecule has 0 fully saturated rings. The van der Waals surface area contributed by atoms with Crippen LogP contribution in [0.1, 0.15) is 22.5 Å². The minimum Gasteiger partial charge on any atom is -0.504 e. The third-order valence-electron chi connectivity index (χ3n) is 6.48. The maximum absolute atomic E-state index is 10.2. The summed E-state index contributed by atoms with van der Waals surface area (Å²) in [5, 5.41) is 26.2. The number of phenolic OH excluding ortho intramolecular Hbond substituents is 2. The first-order valence-electron chi connectivity index (χ1n) is 10.7. The van der Waals surface area contributed by atoms with E-state index in [-0.39, 0.29) is 11.5 Å². The van der Waals surface area contributed by atoms with Crippen LogP contribution in [0.15, 0.2) is 66.7 Å². The molecule has 8 heteroatoms. The summed E-state index contributed by atoms with van der Waals surface area (Å²) in [6.07, 6.45) is 0.629. The minimum absolute atomic E-state index is 0.0718. The maximum Gasteiger partial charge on any atom is 0.211 e. The van der Waals surface area contributed by atoms with Crippen LogP contribution in [-0.2, 0) is 11.8 Å². The van der Waals surface area contributed by atoms with Crippen molar-refractivity contribution >= 4 is 21.6 Å². The number of nitrogens with zero attached hydrogens (tertiary/aromatic N) is 3. The van der Waals surface area contributed by atoms with E-state index in [1.807, 2.05) is 47.1 Å². The van der Waals surface area contributed by atoms with Crippen LogP contribution in [-0.4, -0.2) is 39.2 Å². The summed E-state index contributed by atoms with van der Waals surface area (Å²) >= 11 is 1.60. The van der Waals surface area contributed by atoms with E-state index in [1.165, 1.54) is 14.2 Å². The molecule has 3 aromatic carbocycles. The van der Waals surface area contributed by atoms with Crippen LogP contribution in [0.2, 0.25) is 0 Å². The molecule has 0 spiro atoms. The zero-order valence-corrected chi connectivity index (χ0v) is 19.3. The van der Waals surface area contributed by atoms with E-state index in [9.17, 15) is 10.2 Å². The Hall–Kier alpha value is -4.04. The predicted octanol–water partition coefficient (Wildman–Crippen LogP) is 4.80. The van der Waals surface area contributed by atoms with Gasteiger partial charge in [0.05, 0.1) is 35.5 Å². The summed E-state index contributed by atoms with van der Waals surface area (Å²) in [5.41, 5.74) is 4.02. The van der Waals surface area contributed by atoms with Gasteiger partial charge in [0.15, 0.2) is 23.0 Å². The standard InChI is InChI=1S/C26H21N3O4S/c1-32-21-11-15(7-9-19(21)30)26(16-8-10-20(31)22(12-16)33-2)14-17-13-24(26)28-29(17)25-27-18-5-3-4-6-23(18)34-25/h3-13,30-31H,14H2,1-2H3. The average molecular weight is 472 g/mol. The van der Waals surface area contributed by atoms with E-state index in [0.717, 1.165) is 37.9 Å². The highest BCUT2D eigenvalue weighted by molar-refractivity contribution is 7.20. The fourth-order valence-electron chi connectivity index (χ4n) is 4.79. The molecular formula is C26H21N3O4S. The van der Waals surface area contributed by atoms with Gasteiger partial charge in [0, 0.05) is 12.1 Å². The number of phenols is 2. The number of hydrogen-bond acceptors (Lipinski definition) is 7. The molecule has 0 amide bonds. The van der Waals surface area contributed by atoms with Crippen molar-refractivity contribution in [3.8, 4) is 28.1 Å². The lowest BCUT2D eigenvalue weighted by atomic mass is 9.71. The molecule has 6 rings (SSSR count). The number of fused-ring (bicyclic) bond motifs is 3. The largest absolute Gasteiger partial charge is 0.504 e. The molecule has 170 valence electrons. The van der Waals surface area contributed by atoms with Gasteiger partial charge in [-0.05, 0) is 53.6 Å². The Morgan fingerprint density at radius 1 is 0.882 bits per heavy atom. The summed E-state index contributed by atoms with van der Waals surface area (Å²) in [5.74, 6) is 0.920. The number of methoxy groups -OCH3 is 2. The second-order valence-corrected chi connectivity index (χ2v) is 9.26. The van der Waals surface area contributed by atoms with E-state index in [1.54, 1.807) is 23.5 Å². The van der Waals surface area contributed by atoms with E-state index in [2.05, 4.69) is 12.1 Å². The third-order valence-corrected chi connectivity index (χ3v) is 7.49. The first kappa shape index (κ1) is 20.6. The molecule has 2 bridgehead atoms. The second kappa shape index (κ2) is 7.50. The van der Waals surface area contributed by atoms with E-state index >= 15 is 0 Å². The molecule has 34 heavy (non-hydrogen) atoms. The average Bonchev–Trinajstić information content (AvgIpc) is 3.57. The molecular weight excluding hydrogens is 450 g/mol. The number of rotatable bonds is 5. The summed E-state index contributed by atoms with van der Waals surface area (Å²) in [6.45, 7) is 0. The van der Waals surface area contributed by atoms with Crippen LogP contribution in [0.3, 0.4) is 0 Å². The van der Waals surface area contributed by atoms with Crippen LogP contribution in [0.25, 0.3) is 15.3 Å². The first-order valence-corrected chi connectivity index (χ1v) is 11.6.